The first-order chi connectivity index (χ1) is 14.4. The number of nitriles is 1. The lowest BCUT2D eigenvalue weighted by atomic mass is 9.85. The molecule has 4 rings (SSSR count). The summed E-state index contributed by atoms with van der Waals surface area (Å²) in [7, 11) is 1.62. The van der Waals surface area contributed by atoms with Gasteiger partial charge < -0.3 is 19.8 Å². The van der Waals surface area contributed by atoms with Gasteiger partial charge in [0.05, 0.1) is 35.7 Å². The van der Waals surface area contributed by atoms with Crippen LogP contribution in [0, 0.1) is 24.2 Å². The minimum atomic E-state index is -0.862. The molecule has 0 fully saturated rings. The van der Waals surface area contributed by atoms with E-state index in [4.69, 9.17) is 9.72 Å². The standard InChI is InChI=1S/C23H22N4O3/c1-12-9-19(30-3)20(15-6-7-25-21(12)15)16(8-13(2)23(28)29)22-26-17-5-4-14(11-24)10-18(17)27-22/h4-7,9-10,13,16,25H,8H2,1-3H3,(H,26,27)(H,28,29). The highest BCUT2D eigenvalue weighted by molar-refractivity contribution is 5.89. The number of aryl methyl sites for hydroxylation is 1. The second-order valence-electron chi connectivity index (χ2n) is 7.57. The number of carbonyl (C=O) groups is 1. The Bertz CT molecular complexity index is 1300. The highest BCUT2D eigenvalue weighted by Crippen LogP contribution is 2.41. The zero-order valence-corrected chi connectivity index (χ0v) is 17.0. The fraction of sp³-hybridized carbons (Fsp3) is 0.261. The smallest absolute Gasteiger partial charge is 0.306 e. The molecule has 2 atom stereocenters. The zero-order valence-electron chi connectivity index (χ0n) is 17.0. The molecule has 2 aromatic carbocycles. The number of nitrogens with zero attached hydrogens (tertiary/aromatic N) is 2. The third-order valence-corrected chi connectivity index (χ3v) is 5.58. The van der Waals surface area contributed by atoms with Gasteiger partial charge >= 0.3 is 5.97 Å². The number of carboxylic acid groups (broad SMARTS) is 1. The van der Waals surface area contributed by atoms with Crippen LogP contribution in [0.1, 0.15) is 41.8 Å². The molecule has 2 heterocycles. The van der Waals surface area contributed by atoms with E-state index in [1.165, 1.54) is 0 Å². The van der Waals surface area contributed by atoms with Crippen molar-refractivity contribution in [2.24, 2.45) is 5.92 Å². The number of fused-ring (bicyclic) bond motifs is 2. The van der Waals surface area contributed by atoms with Crippen molar-refractivity contribution in [2.45, 2.75) is 26.2 Å². The lowest BCUT2D eigenvalue weighted by Crippen LogP contribution is -2.16. The molecule has 0 aliphatic rings. The Kier molecular flexibility index (Phi) is 4.92. The van der Waals surface area contributed by atoms with E-state index >= 15 is 0 Å². The maximum Gasteiger partial charge on any atom is 0.306 e. The van der Waals surface area contributed by atoms with Gasteiger partial charge in [-0.2, -0.15) is 5.26 Å². The first kappa shape index (κ1) is 19.5. The number of nitrogens with one attached hydrogen (secondary N) is 2. The third kappa shape index (κ3) is 3.26. The number of aromatic nitrogens is 3. The molecule has 0 bridgehead atoms. The molecule has 0 spiro atoms. The van der Waals surface area contributed by atoms with Crippen molar-refractivity contribution in [3.05, 3.63) is 59.0 Å². The van der Waals surface area contributed by atoms with E-state index in [9.17, 15) is 15.2 Å². The molecular weight excluding hydrogens is 380 g/mol. The molecule has 4 aromatic rings. The fourth-order valence-electron chi connectivity index (χ4n) is 4.01. The number of H-pyrrole nitrogens is 2. The monoisotopic (exact) mass is 402 g/mol. The second-order valence-corrected chi connectivity index (χ2v) is 7.57. The molecule has 0 saturated heterocycles. The molecule has 3 N–H and O–H groups in total. The number of rotatable bonds is 6. The normalized spacial score (nSPS) is 13.3. The van der Waals surface area contributed by atoms with Gasteiger partial charge in [0, 0.05) is 28.6 Å². The highest BCUT2D eigenvalue weighted by Gasteiger charge is 2.29. The van der Waals surface area contributed by atoms with Crippen molar-refractivity contribution in [3.8, 4) is 11.8 Å². The van der Waals surface area contributed by atoms with Gasteiger partial charge in [0.15, 0.2) is 0 Å². The fourth-order valence-corrected chi connectivity index (χ4v) is 4.01. The average Bonchev–Trinajstić information content (AvgIpc) is 3.38. The topological polar surface area (TPSA) is 115 Å². The Labute approximate surface area is 173 Å². The summed E-state index contributed by atoms with van der Waals surface area (Å²) in [5, 5.41) is 19.7. The van der Waals surface area contributed by atoms with Crippen molar-refractivity contribution in [2.75, 3.05) is 7.11 Å². The predicted molar refractivity (Wildman–Crippen MR) is 114 cm³/mol. The quantitative estimate of drug-likeness (QED) is 0.440. The van der Waals surface area contributed by atoms with Gasteiger partial charge in [0.2, 0.25) is 0 Å². The molecule has 2 unspecified atom stereocenters. The molecule has 0 amide bonds. The lowest BCUT2D eigenvalue weighted by molar-refractivity contribution is -0.141. The van der Waals surface area contributed by atoms with Crippen LogP contribution < -0.4 is 4.74 Å². The predicted octanol–water partition coefficient (Wildman–Crippen LogP) is 4.48. The van der Waals surface area contributed by atoms with Crippen molar-refractivity contribution < 1.29 is 14.6 Å². The molecule has 0 aliphatic carbocycles. The van der Waals surface area contributed by atoms with E-state index in [1.54, 1.807) is 26.2 Å². The van der Waals surface area contributed by atoms with Gasteiger partial charge in [-0.15, -0.1) is 0 Å². The summed E-state index contributed by atoms with van der Waals surface area (Å²) in [5.41, 5.74) is 4.93. The highest BCUT2D eigenvalue weighted by atomic mass is 16.5. The van der Waals surface area contributed by atoms with Crippen molar-refractivity contribution in [3.63, 3.8) is 0 Å². The summed E-state index contributed by atoms with van der Waals surface area (Å²) < 4.78 is 5.71. The van der Waals surface area contributed by atoms with E-state index < -0.39 is 11.9 Å². The van der Waals surface area contributed by atoms with Gasteiger partial charge in [-0.3, -0.25) is 4.79 Å². The van der Waals surface area contributed by atoms with E-state index in [-0.39, 0.29) is 5.92 Å². The zero-order chi connectivity index (χ0) is 21.4. The average molecular weight is 402 g/mol. The van der Waals surface area contributed by atoms with Gasteiger partial charge in [-0.25, -0.2) is 4.98 Å². The van der Waals surface area contributed by atoms with Crippen LogP contribution in [0.5, 0.6) is 5.75 Å². The molecule has 2 aromatic heterocycles. The van der Waals surface area contributed by atoms with Crippen molar-refractivity contribution in [1.82, 2.24) is 15.0 Å². The number of methoxy groups -OCH3 is 1. The Morgan fingerprint density at radius 3 is 2.83 bits per heavy atom. The number of ether oxygens (including phenoxy) is 1. The van der Waals surface area contributed by atoms with Crippen LogP contribution in [0.15, 0.2) is 36.5 Å². The summed E-state index contributed by atoms with van der Waals surface area (Å²) in [4.78, 5) is 23.0. The van der Waals surface area contributed by atoms with Crippen LogP contribution in [-0.2, 0) is 4.79 Å². The summed E-state index contributed by atoms with van der Waals surface area (Å²) >= 11 is 0. The van der Waals surface area contributed by atoms with E-state index in [2.05, 4.69) is 16.0 Å². The summed E-state index contributed by atoms with van der Waals surface area (Å²) in [6, 6.07) is 11.3. The van der Waals surface area contributed by atoms with Gasteiger partial charge in [0.25, 0.3) is 0 Å². The van der Waals surface area contributed by atoms with Gasteiger partial charge in [0.1, 0.15) is 11.6 Å². The van der Waals surface area contributed by atoms with Crippen LogP contribution in [-0.4, -0.2) is 33.1 Å². The molecule has 0 saturated carbocycles. The molecule has 152 valence electrons. The largest absolute Gasteiger partial charge is 0.496 e. The number of hydrogen-bond donors (Lipinski definition) is 3. The maximum absolute atomic E-state index is 11.7. The van der Waals surface area contributed by atoms with Gasteiger partial charge in [-0.1, -0.05) is 6.92 Å². The SMILES string of the molecule is COc1cc(C)c2[nH]ccc2c1C(CC(C)C(=O)O)c1nc2cc(C#N)ccc2[nH]1. The molecule has 30 heavy (non-hydrogen) atoms. The summed E-state index contributed by atoms with van der Waals surface area (Å²) in [6.07, 6.45) is 2.22. The van der Waals surface area contributed by atoms with Crippen LogP contribution in [0.4, 0.5) is 0 Å². The molecule has 7 heteroatoms. The Morgan fingerprint density at radius 1 is 1.33 bits per heavy atom. The Morgan fingerprint density at radius 2 is 2.13 bits per heavy atom. The minimum Gasteiger partial charge on any atom is -0.496 e. The number of imidazole rings is 1. The molecule has 0 radical (unpaired) electrons. The van der Waals surface area contributed by atoms with E-state index in [0.717, 1.165) is 27.5 Å². The number of benzene rings is 2. The van der Waals surface area contributed by atoms with Crippen LogP contribution in [0.25, 0.3) is 21.9 Å². The molecule has 0 aliphatic heterocycles. The van der Waals surface area contributed by atoms with Crippen molar-refractivity contribution >= 4 is 27.9 Å². The third-order valence-electron chi connectivity index (χ3n) is 5.58. The maximum atomic E-state index is 11.7. The van der Waals surface area contributed by atoms with Crippen molar-refractivity contribution in [1.29, 1.82) is 5.26 Å². The van der Waals surface area contributed by atoms with Crippen LogP contribution in [0.3, 0.4) is 0 Å². The van der Waals surface area contributed by atoms with Gasteiger partial charge in [-0.05, 0) is 49.2 Å². The summed E-state index contributed by atoms with van der Waals surface area (Å²) in [5.74, 6) is -0.432. The second kappa shape index (κ2) is 7.56. The first-order valence-corrected chi connectivity index (χ1v) is 9.70. The Balaban J connectivity index is 1.95. The Hall–Kier alpha value is -3.79. The lowest BCUT2D eigenvalue weighted by Gasteiger charge is -2.22. The minimum absolute atomic E-state index is 0.331. The molecule has 7 nitrogen and oxygen atoms in total. The first-order valence-electron chi connectivity index (χ1n) is 9.70. The van der Waals surface area contributed by atoms with E-state index in [0.29, 0.717) is 29.1 Å². The van der Waals surface area contributed by atoms with E-state index in [1.807, 2.05) is 31.3 Å². The van der Waals surface area contributed by atoms with Crippen LogP contribution in [0.2, 0.25) is 0 Å². The summed E-state index contributed by atoms with van der Waals surface area (Å²) in [6.45, 7) is 3.70. The number of aromatic amines is 2. The number of aliphatic carboxylic acids is 1. The number of carboxylic acids is 1. The molecular formula is C23H22N4O3. The van der Waals surface area contributed by atoms with Crippen LogP contribution >= 0.6 is 0 Å². The number of hydrogen-bond acceptors (Lipinski definition) is 4.